The van der Waals surface area contributed by atoms with Gasteiger partial charge < -0.3 is 54.3 Å². The Balaban J connectivity index is 2.00. The minimum absolute atomic E-state index is 0.415. The number of esters is 2. The van der Waals surface area contributed by atoms with Crippen LogP contribution in [0.2, 0.25) is 0 Å². The first-order chi connectivity index (χ1) is 13.5. The third kappa shape index (κ3) is 5.81. The van der Waals surface area contributed by atoms with Crippen molar-refractivity contribution in [1.29, 1.82) is 0 Å². The molecular formula is C16H26O13. The summed E-state index contributed by atoms with van der Waals surface area (Å²) < 4.78 is 25.3. The molecule has 0 spiro atoms. The highest BCUT2D eigenvalue weighted by atomic mass is 16.7. The minimum atomic E-state index is -1.72. The summed E-state index contributed by atoms with van der Waals surface area (Å²) in [6.45, 7) is 1.26. The normalized spacial score (nSPS) is 42.9. The highest BCUT2D eigenvalue weighted by Gasteiger charge is 2.48. The maximum atomic E-state index is 11.1. The van der Waals surface area contributed by atoms with Crippen molar-refractivity contribution >= 4 is 11.9 Å². The van der Waals surface area contributed by atoms with Gasteiger partial charge in [0.1, 0.15) is 55.4 Å². The fraction of sp³-hybridized carbons (Fsp3) is 0.875. The number of carbonyl (C=O) groups is 2. The Labute approximate surface area is 165 Å². The maximum Gasteiger partial charge on any atom is 0.305 e. The van der Waals surface area contributed by atoms with Gasteiger partial charge in [-0.1, -0.05) is 0 Å². The van der Waals surface area contributed by atoms with Crippen molar-refractivity contribution in [2.75, 3.05) is 13.2 Å². The Bertz CT molecular complexity index is 571. The van der Waals surface area contributed by atoms with Crippen molar-refractivity contribution in [3.05, 3.63) is 0 Å². The van der Waals surface area contributed by atoms with Crippen molar-refractivity contribution in [2.45, 2.75) is 75.3 Å². The summed E-state index contributed by atoms with van der Waals surface area (Å²) in [6, 6.07) is 0. The van der Waals surface area contributed by atoms with E-state index in [4.69, 9.17) is 23.7 Å². The second kappa shape index (κ2) is 10.1. The van der Waals surface area contributed by atoms with Gasteiger partial charge in [-0.15, -0.1) is 0 Å². The summed E-state index contributed by atoms with van der Waals surface area (Å²) in [5, 5.41) is 59.7. The molecule has 0 saturated carbocycles. The molecule has 2 saturated heterocycles. The quantitative estimate of drug-likeness (QED) is 0.223. The van der Waals surface area contributed by atoms with E-state index < -0.39 is 86.6 Å². The fourth-order valence-corrected chi connectivity index (χ4v) is 2.90. The summed E-state index contributed by atoms with van der Waals surface area (Å²) in [5.74, 6) is -1.45. The van der Waals surface area contributed by atoms with Crippen LogP contribution in [0.4, 0.5) is 0 Å². The van der Waals surface area contributed by atoms with E-state index in [0.29, 0.717) is 0 Å². The van der Waals surface area contributed by atoms with E-state index in [2.05, 4.69) is 0 Å². The van der Waals surface area contributed by atoms with Gasteiger partial charge >= 0.3 is 11.9 Å². The Kier molecular flexibility index (Phi) is 8.28. The van der Waals surface area contributed by atoms with E-state index in [1.165, 1.54) is 0 Å². The third-order valence-electron chi connectivity index (χ3n) is 4.49. The second-order valence-electron chi connectivity index (χ2n) is 6.77. The molecule has 0 amide bonds. The molecule has 2 heterocycles. The third-order valence-corrected chi connectivity index (χ3v) is 4.49. The molecule has 13 nitrogen and oxygen atoms in total. The zero-order valence-corrected chi connectivity index (χ0v) is 15.7. The lowest BCUT2D eigenvalue weighted by Crippen LogP contribution is -2.62. The summed E-state index contributed by atoms with van der Waals surface area (Å²) in [6.07, 6.45) is -15.6. The van der Waals surface area contributed by atoms with Gasteiger partial charge in [-0.3, -0.25) is 9.59 Å². The van der Waals surface area contributed by atoms with Crippen molar-refractivity contribution in [3.8, 4) is 0 Å². The zero-order chi connectivity index (χ0) is 21.9. The van der Waals surface area contributed by atoms with Crippen molar-refractivity contribution in [2.24, 2.45) is 0 Å². The van der Waals surface area contributed by atoms with Crippen LogP contribution in [0.3, 0.4) is 0 Å². The standard InChI is InChI=1S/C16H26O13/c1-5(17)25-3-7-9(19)11(21)13(23)15(28-7)26-4-8-10(20)12(22)14(24)16(29-8)27-6(2)18/h7-16,19-24H,3-4H2,1-2H3/t7?,8?,9-,10+,11-,12?,13?,14?,15-,16?/m0/s1. The van der Waals surface area contributed by atoms with Gasteiger partial charge in [-0.2, -0.15) is 0 Å². The van der Waals surface area contributed by atoms with Gasteiger partial charge in [-0.25, -0.2) is 0 Å². The first kappa shape index (κ1) is 23.9. The number of aliphatic hydroxyl groups is 6. The molecule has 13 heteroatoms. The first-order valence-corrected chi connectivity index (χ1v) is 8.84. The van der Waals surface area contributed by atoms with Crippen LogP contribution < -0.4 is 0 Å². The smallest absolute Gasteiger partial charge is 0.305 e. The average molecular weight is 426 g/mol. The van der Waals surface area contributed by atoms with Crippen molar-refractivity contribution < 1.29 is 63.9 Å². The van der Waals surface area contributed by atoms with Crippen LogP contribution in [0.25, 0.3) is 0 Å². The molecule has 2 aliphatic rings. The van der Waals surface area contributed by atoms with Crippen LogP contribution >= 0.6 is 0 Å². The molecule has 2 fully saturated rings. The number of hydrogen-bond donors (Lipinski definition) is 6. The maximum absolute atomic E-state index is 11.1. The molecule has 0 aromatic rings. The van der Waals surface area contributed by atoms with Gasteiger partial charge in [0.15, 0.2) is 6.29 Å². The fourth-order valence-electron chi connectivity index (χ4n) is 2.90. The number of carbonyl (C=O) groups excluding carboxylic acids is 2. The number of rotatable bonds is 6. The minimum Gasteiger partial charge on any atom is -0.463 e. The summed E-state index contributed by atoms with van der Waals surface area (Å²) in [4.78, 5) is 22.0. The molecule has 29 heavy (non-hydrogen) atoms. The predicted octanol–water partition coefficient (Wildman–Crippen LogP) is -4.26. The lowest BCUT2D eigenvalue weighted by atomic mass is 9.98. The van der Waals surface area contributed by atoms with Crippen LogP contribution in [0.5, 0.6) is 0 Å². The van der Waals surface area contributed by atoms with Crippen molar-refractivity contribution in [3.63, 3.8) is 0 Å². The number of hydrogen-bond acceptors (Lipinski definition) is 13. The van der Waals surface area contributed by atoms with E-state index >= 15 is 0 Å². The summed E-state index contributed by atoms with van der Waals surface area (Å²) >= 11 is 0. The Hall–Kier alpha value is -1.42. The molecular weight excluding hydrogens is 400 g/mol. The highest BCUT2D eigenvalue weighted by Crippen LogP contribution is 2.26. The van der Waals surface area contributed by atoms with E-state index in [1.54, 1.807) is 0 Å². The van der Waals surface area contributed by atoms with Crippen LogP contribution in [-0.2, 0) is 33.3 Å². The molecule has 0 radical (unpaired) electrons. The summed E-state index contributed by atoms with van der Waals surface area (Å²) in [5.41, 5.74) is 0. The highest BCUT2D eigenvalue weighted by molar-refractivity contribution is 5.66. The van der Waals surface area contributed by atoms with Gasteiger partial charge in [0, 0.05) is 13.8 Å². The lowest BCUT2D eigenvalue weighted by Gasteiger charge is -2.42. The van der Waals surface area contributed by atoms with Gasteiger partial charge in [0.05, 0.1) is 6.61 Å². The average Bonchev–Trinajstić information content (AvgIpc) is 2.65. The molecule has 10 atom stereocenters. The van der Waals surface area contributed by atoms with Gasteiger partial charge in [0.2, 0.25) is 6.29 Å². The lowest BCUT2D eigenvalue weighted by molar-refractivity contribution is -0.327. The van der Waals surface area contributed by atoms with Crippen LogP contribution in [0, 0.1) is 0 Å². The molecule has 2 rings (SSSR count). The van der Waals surface area contributed by atoms with Crippen LogP contribution in [0.1, 0.15) is 13.8 Å². The Morgan fingerprint density at radius 1 is 0.690 bits per heavy atom. The van der Waals surface area contributed by atoms with E-state index in [0.717, 1.165) is 13.8 Å². The molecule has 2 aliphatic heterocycles. The molecule has 0 aliphatic carbocycles. The topological polar surface area (TPSA) is 202 Å². The molecule has 168 valence electrons. The molecule has 0 aromatic heterocycles. The monoisotopic (exact) mass is 426 g/mol. The Morgan fingerprint density at radius 2 is 1.17 bits per heavy atom. The largest absolute Gasteiger partial charge is 0.463 e. The number of aliphatic hydroxyl groups excluding tert-OH is 6. The van der Waals surface area contributed by atoms with Gasteiger partial charge in [0.25, 0.3) is 0 Å². The molecule has 6 N–H and O–H groups in total. The van der Waals surface area contributed by atoms with Crippen molar-refractivity contribution in [1.82, 2.24) is 0 Å². The van der Waals surface area contributed by atoms with Gasteiger partial charge in [-0.05, 0) is 0 Å². The summed E-state index contributed by atoms with van der Waals surface area (Å²) in [7, 11) is 0. The molecule has 6 unspecified atom stereocenters. The number of ether oxygens (including phenoxy) is 5. The van der Waals surface area contributed by atoms with Crippen LogP contribution in [-0.4, -0.2) is 117 Å². The predicted molar refractivity (Wildman–Crippen MR) is 87.7 cm³/mol. The van der Waals surface area contributed by atoms with E-state index in [-0.39, 0.29) is 0 Å². The van der Waals surface area contributed by atoms with E-state index in [1.807, 2.05) is 0 Å². The second-order valence-corrected chi connectivity index (χ2v) is 6.77. The SMILES string of the molecule is CC(=O)OCC1O[C@H](OCC2OC(OC(C)=O)C(O)C(O)[C@@H]2O)C(O)[C@@H](O)[C@H]1O. The van der Waals surface area contributed by atoms with E-state index in [9.17, 15) is 40.2 Å². The van der Waals surface area contributed by atoms with Crippen LogP contribution in [0.15, 0.2) is 0 Å². The molecule has 0 aromatic carbocycles. The first-order valence-electron chi connectivity index (χ1n) is 8.84. The molecule has 0 bridgehead atoms. The Morgan fingerprint density at radius 3 is 1.69 bits per heavy atom. The zero-order valence-electron chi connectivity index (χ0n) is 15.7.